The molecule has 1 N–H and O–H groups in total. The zero-order valence-corrected chi connectivity index (χ0v) is 11.2. The fraction of sp³-hybridized carbons (Fsp3) is 1.00. The second-order valence-corrected chi connectivity index (χ2v) is 5.09. The van der Waals surface area contributed by atoms with Crippen molar-refractivity contribution < 1.29 is 4.74 Å². The lowest BCUT2D eigenvalue weighted by atomic mass is 10.2. The van der Waals surface area contributed by atoms with Gasteiger partial charge in [-0.25, -0.2) is 0 Å². The molecule has 1 aliphatic rings. The Morgan fingerprint density at radius 1 is 1.38 bits per heavy atom. The lowest BCUT2D eigenvalue weighted by Gasteiger charge is -2.25. The molecule has 3 heteroatoms. The molecule has 1 aliphatic heterocycles. The Morgan fingerprint density at radius 2 is 2.19 bits per heavy atom. The number of likely N-dealkylation sites (tertiary alicyclic amines) is 1. The molecule has 1 rings (SSSR count). The number of ether oxygens (including phenoxy) is 1. The summed E-state index contributed by atoms with van der Waals surface area (Å²) in [5.41, 5.74) is 0. The van der Waals surface area contributed by atoms with Crippen molar-refractivity contribution >= 4 is 0 Å². The Balaban J connectivity index is 2.13. The highest BCUT2D eigenvalue weighted by Gasteiger charge is 2.23. The number of nitrogens with one attached hydrogen (secondary N) is 1. The molecule has 0 aromatic carbocycles. The highest BCUT2D eigenvalue weighted by atomic mass is 16.5. The van der Waals surface area contributed by atoms with Gasteiger partial charge < -0.3 is 10.1 Å². The summed E-state index contributed by atoms with van der Waals surface area (Å²) in [4.78, 5) is 2.64. The standard InChI is InChI=1S/C13H28N2O/c1-12(2)14-11-13-7-6-9-15(13)8-4-5-10-16-3/h12-14H,4-11H2,1-3H3. The molecular weight excluding hydrogens is 200 g/mol. The van der Waals surface area contributed by atoms with Crippen molar-refractivity contribution in [2.75, 3.05) is 33.4 Å². The summed E-state index contributed by atoms with van der Waals surface area (Å²) in [6, 6.07) is 1.38. The van der Waals surface area contributed by atoms with Gasteiger partial charge in [-0.3, -0.25) is 4.90 Å². The van der Waals surface area contributed by atoms with Crippen LogP contribution >= 0.6 is 0 Å². The first-order chi connectivity index (χ1) is 7.74. The van der Waals surface area contributed by atoms with Crippen LogP contribution in [0, 0.1) is 0 Å². The molecule has 1 saturated heterocycles. The number of nitrogens with zero attached hydrogens (tertiary/aromatic N) is 1. The van der Waals surface area contributed by atoms with E-state index in [0.717, 1.165) is 19.2 Å². The van der Waals surface area contributed by atoms with E-state index in [0.29, 0.717) is 6.04 Å². The van der Waals surface area contributed by atoms with Gasteiger partial charge in [0.25, 0.3) is 0 Å². The fourth-order valence-corrected chi connectivity index (χ4v) is 2.35. The predicted octanol–water partition coefficient (Wildman–Crippen LogP) is 1.88. The highest BCUT2D eigenvalue weighted by Crippen LogP contribution is 2.17. The normalized spacial score (nSPS) is 22.1. The summed E-state index contributed by atoms with van der Waals surface area (Å²) in [7, 11) is 1.78. The van der Waals surface area contributed by atoms with E-state index < -0.39 is 0 Å². The summed E-state index contributed by atoms with van der Waals surface area (Å²) in [5.74, 6) is 0. The van der Waals surface area contributed by atoms with Crippen molar-refractivity contribution in [1.29, 1.82) is 0 Å². The largest absolute Gasteiger partial charge is 0.385 e. The van der Waals surface area contributed by atoms with Gasteiger partial charge in [0, 0.05) is 32.3 Å². The summed E-state index contributed by atoms with van der Waals surface area (Å²) in [6.07, 6.45) is 5.20. The summed E-state index contributed by atoms with van der Waals surface area (Å²) >= 11 is 0. The molecule has 0 bridgehead atoms. The molecule has 1 heterocycles. The maximum atomic E-state index is 5.08. The lowest BCUT2D eigenvalue weighted by molar-refractivity contribution is 0.180. The van der Waals surface area contributed by atoms with Crippen LogP contribution in [0.4, 0.5) is 0 Å². The molecule has 96 valence electrons. The van der Waals surface area contributed by atoms with Gasteiger partial charge in [0.05, 0.1) is 0 Å². The van der Waals surface area contributed by atoms with Crippen LogP contribution in [-0.2, 0) is 4.74 Å². The van der Waals surface area contributed by atoms with Crippen LogP contribution in [0.3, 0.4) is 0 Å². The third-order valence-electron chi connectivity index (χ3n) is 3.30. The molecule has 0 aromatic rings. The molecule has 3 nitrogen and oxygen atoms in total. The van der Waals surface area contributed by atoms with Crippen LogP contribution in [0.2, 0.25) is 0 Å². The predicted molar refractivity (Wildman–Crippen MR) is 68.8 cm³/mol. The minimum Gasteiger partial charge on any atom is -0.385 e. The Hall–Kier alpha value is -0.120. The van der Waals surface area contributed by atoms with Crippen molar-refractivity contribution in [2.24, 2.45) is 0 Å². The Morgan fingerprint density at radius 3 is 2.88 bits per heavy atom. The zero-order valence-electron chi connectivity index (χ0n) is 11.2. The van der Waals surface area contributed by atoms with E-state index >= 15 is 0 Å². The van der Waals surface area contributed by atoms with Crippen LogP contribution in [0.5, 0.6) is 0 Å². The molecular formula is C13H28N2O. The second kappa shape index (κ2) is 8.04. The Kier molecular flexibility index (Phi) is 7.01. The molecule has 0 saturated carbocycles. The summed E-state index contributed by atoms with van der Waals surface area (Å²) in [5, 5.41) is 3.55. The molecule has 0 aromatic heterocycles. The average Bonchev–Trinajstić information content (AvgIpc) is 2.69. The molecule has 1 atom stereocenters. The maximum absolute atomic E-state index is 5.08. The Bertz CT molecular complexity index is 173. The van der Waals surface area contributed by atoms with Crippen LogP contribution in [0.1, 0.15) is 39.5 Å². The second-order valence-electron chi connectivity index (χ2n) is 5.09. The Labute approximate surface area is 101 Å². The number of unbranched alkanes of at least 4 members (excludes halogenated alkanes) is 1. The van der Waals surface area contributed by atoms with Gasteiger partial charge in [-0.05, 0) is 38.8 Å². The summed E-state index contributed by atoms with van der Waals surface area (Å²) < 4.78 is 5.08. The van der Waals surface area contributed by atoms with Gasteiger partial charge in [0.1, 0.15) is 0 Å². The molecule has 16 heavy (non-hydrogen) atoms. The molecule has 0 radical (unpaired) electrons. The van der Waals surface area contributed by atoms with E-state index in [1.165, 1.54) is 38.8 Å². The van der Waals surface area contributed by atoms with Gasteiger partial charge in [-0.1, -0.05) is 13.8 Å². The van der Waals surface area contributed by atoms with Crippen LogP contribution in [0.25, 0.3) is 0 Å². The average molecular weight is 228 g/mol. The third-order valence-corrected chi connectivity index (χ3v) is 3.30. The highest BCUT2D eigenvalue weighted by molar-refractivity contribution is 4.81. The van der Waals surface area contributed by atoms with E-state index in [4.69, 9.17) is 4.74 Å². The van der Waals surface area contributed by atoms with E-state index in [1.54, 1.807) is 7.11 Å². The van der Waals surface area contributed by atoms with Crippen molar-refractivity contribution in [2.45, 2.75) is 51.6 Å². The first-order valence-corrected chi connectivity index (χ1v) is 6.70. The van der Waals surface area contributed by atoms with Gasteiger partial charge in [-0.2, -0.15) is 0 Å². The number of hydrogen-bond acceptors (Lipinski definition) is 3. The lowest BCUT2D eigenvalue weighted by Crippen LogP contribution is -2.40. The number of rotatable bonds is 8. The van der Waals surface area contributed by atoms with E-state index in [2.05, 4.69) is 24.1 Å². The van der Waals surface area contributed by atoms with Crippen LogP contribution < -0.4 is 5.32 Å². The van der Waals surface area contributed by atoms with Crippen molar-refractivity contribution in [3.8, 4) is 0 Å². The van der Waals surface area contributed by atoms with E-state index in [1.807, 2.05) is 0 Å². The molecule has 0 amide bonds. The third kappa shape index (κ3) is 5.28. The first-order valence-electron chi connectivity index (χ1n) is 6.70. The fourth-order valence-electron chi connectivity index (χ4n) is 2.35. The monoisotopic (exact) mass is 228 g/mol. The topological polar surface area (TPSA) is 24.5 Å². The van der Waals surface area contributed by atoms with Crippen LogP contribution in [0.15, 0.2) is 0 Å². The molecule has 1 fully saturated rings. The van der Waals surface area contributed by atoms with E-state index in [-0.39, 0.29) is 0 Å². The smallest absolute Gasteiger partial charge is 0.0462 e. The van der Waals surface area contributed by atoms with Gasteiger partial charge in [0.2, 0.25) is 0 Å². The van der Waals surface area contributed by atoms with Crippen LogP contribution in [-0.4, -0.2) is 50.3 Å². The molecule has 0 aliphatic carbocycles. The summed E-state index contributed by atoms with van der Waals surface area (Å²) in [6.45, 7) is 9.03. The minimum atomic E-state index is 0.607. The van der Waals surface area contributed by atoms with Crippen molar-refractivity contribution in [1.82, 2.24) is 10.2 Å². The van der Waals surface area contributed by atoms with Gasteiger partial charge >= 0.3 is 0 Å². The van der Waals surface area contributed by atoms with Gasteiger partial charge in [-0.15, -0.1) is 0 Å². The first kappa shape index (κ1) is 13.9. The van der Waals surface area contributed by atoms with E-state index in [9.17, 15) is 0 Å². The SMILES string of the molecule is COCCCCN1CCCC1CNC(C)C. The quantitative estimate of drug-likeness (QED) is 0.642. The van der Waals surface area contributed by atoms with Crippen molar-refractivity contribution in [3.05, 3.63) is 0 Å². The molecule has 1 unspecified atom stereocenters. The maximum Gasteiger partial charge on any atom is 0.0462 e. The molecule has 0 spiro atoms. The minimum absolute atomic E-state index is 0.607. The number of methoxy groups -OCH3 is 1. The zero-order chi connectivity index (χ0) is 11.8. The number of hydrogen-bond donors (Lipinski definition) is 1. The van der Waals surface area contributed by atoms with Gasteiger partial charge in [0.15, 0.2) is 0 Å². The van der Waals surface area contributed by atoms with Crippen molar-refractivity contribution in [3.63, 3.8) is 0 Å².